The molecule has 6 heteroatoms. The summed E-state index contributed by atoms with van der Waals surface area (Å²) in [5.41, 5.74) is 5.39. The predicted molar refractivity (Wildman–Crippen MR) is 74.9 cm³/mol. The van der Waals surface area contributed by atoms with E-state index < -0.39 is 0 Å². The molecule has 0 fully saturated rings. The third-order valence-corrected chi connectivity index (χ3v) is 3.00. The first-order valence-corrected chi connectivity index (χ1v) is 6.97. The molecule has 0 saturated carbocycles. The van der Waals surface area contributed by atoms with Crippen LogP contribution in [0.25, 0.3) is 0 Å². The van der Waals surface area contributed by atoms with E-state index in [-0.39, 0.29) is 5.91 Å². The molecule has 0 radical (unpaired) electrons. The molecular formula is C10H21N3OS2. The van der Waals surface area contributed by atoms with Crippen molar-refractivity contribution >= 4 is 34.9 Å². The number of hydrogen-bond acceptors (Lipinski definition) is 4. The fourth-order valence-corrected chi connectivity index (χ4v) is 1.67. The Kier molecular flexibility index (Phi) is 8.60. The van der Waals surface area contributed by atoms with Crippen LogP contribution in [0.3, 0.4) is 0 Å². The number of carbonyl (C=O) groups excluding carboxylic acids is 1. The fraction of sp³-hybridized carbons (Fsp3) is 0.800. The van der Waals surface area contributed by atoms with Crippen molar-refractivity contribution in [2.75, 3.05) is 45.7 Å². The number of nitrogens with zero attached hydrogens (tertiary/aromatic N) is 2. The summed E-state index contributed by atoms with van der Waals surface area (Å²) in [6.45, 7) is 1.98. The lowest BCUT2D eigenvalue weighted by molar-refractivity contribution is -0.130. The molecule has 94 valence electrons. The Labute approximate surface area is 108 Å². The molecule has 0 aliphatic rings. The molecule has 0 spiro atoms. The zero-order chi connectivity index (χ0) is 12.6. The molecule has 0 bridgehead atoms. The minimum Gasteiger partial charge on any atom is -0.393 e. The number of thioether (sulfide) groups is 1. The number of rotatable bonds is 8. The van der Waals surface area contributed by atoms with Crippen molar-refractivity contribution < 1.29 is 4.79 Å². The van der Waals surface area contributed by atoms with E-state index in [1.165, 1.54) is 0 Å². The molecule has 2 N–H and O–H groups in total. The summed E-state index contributed by atoms with van der Waals surface area (Å²) < 4.78 is 0. The second kappa shape index (κ2) is 8.78. The summed E-state index contributed by atoms with van der Waals surface area (Å²) in [5.74, 6) is 1.15. The van der Waals surface area contributed by atoms with Gasteiger partial charge in [-0.3, -0.25) is 9.69 Å². The first-order chi connectivity index (χ1) is 7.47. The number of likely N-dealkylation sites (N-methyl/N-ethyl adjacent to an activating group) is 2. The highest BCUT2D eigenvalue weighted by Crippen LogP contribution is 1.95. The van der Waals surface area contributed by atoms with Crippen molar-refractivity contribution in [1.29, 1.82) is 0 Å². The summed E-state index contributed by atoms with van der Waals surface area (Å²) >= 11 is 6.55. The van der Waals surface area contributed by atoms with Crippen LogP contribution in [-0.4, -0.2) is 66.4 Å². The summed E-state index contributed by atoms with van der Waals surface area (Å²) in [6, 6.07) is 0. The number of amides is 1. The van der Waals surface area contributed by atoms with E-state index in [9.17, 15) is 4.79 Å². The van der Waals surface area contributed by atoms with Gasteiger partial charge in [0.2, 0.25) is 5.91 Å². The van der Waals surface area contributed by atoms with Crippen LogP contribution in [0.5, 0.6) is 0 Å². The monoisotopic (exact) mass is 263 g/mol. The van der Waals surface area contributed by atoms with E-state index in [2.05, 4.69) is 6.26 Å². The maximum Gasteiger partial charge on any atom is 0.236 e. The van der Waals surface area contributed by atoms with Crippen molar-refractivity contribution in [2.45, 2.75) is 6.42 Å². The number of carbonyl (C=O) groups is 1. The number of thiocarbonyl (C=S) groups is 1. The Hall–Kier alpha value is -0.330. The van der Waals surface area contributed by atoms with E-state index in [1.54, 1.807) is 23.7 Å². The molecule has 0 aliphatic heterocycles. The van der Waals surface area contributed by atoms with Gasteiger partial charge < -0.3 is 10.6 Å². The van der Waals surface area contributed by atoms with Crippen molar-refractivity contribution in [1.82, 2.24) is 9.80 Å². The average Bonchev–Trinajstić information content (AvgIpc) is 2.22. The van der Waals surface area contributed by atoms with Crippen LogP contribution in [0.1, 0.15) is 6.42 Å². The van der Waals surface area contributed by atoms with Crippen LogP contribution < -0.4 is 5.73 Å². The normalized spacial score (nSPS) is 10.5. The predicted octanol–water partition coefficient (Wildman–Crippen LogP) is 0.416. The molecule has 16 heavy (non-hydrogen) atoms. The molecule has 0 aliphatic carbocycles. The van der Waals surface area contributed by atoms with Crippen molar-refractivity contribution in [3.63, 3.8) is 0 Å². The summed E-state index contributed by atoms with van der Waals surface area (Å²) in [4.78, 5) is 15.9. The largest absolute Gasteiger partial charge is 0.393 e. The Bertz CT molecular complexity index is 236. The lowest BCUT2D eigenvalue weighted by Gasteiger charge is -2.21. The van der Waals surface area contributed by atoms with Crippen molar-refractivity contribution in [2.24, 2.45) is 5.73 Å². The van der Waals surface area contributed by atoms with Gasteiger partial charge in [0.05, 0.1) is 11.5 Å². The highest BCUT2D eigenvalue weighted by atomic mass is 32.2. The zero-order valence-electron chi connectivity index (χ0n) is 10.2. The van der Waals surface area contributed by atoms with Crippen LogP contribution in [0.15, 0.2) is 0 Å². The highest BCUT2D eigenvalue weighted by molar-refractivity contribution is 7.98. The molecule has 4 nitrogen and oxygen atoms in total. The van der Waals surface area contributed by atoms with Crippen molar-refractivity contribution in [3.05, 3.63) is 0 Å². The summed E-state index contributed by atoms with van der Waals surface area (Å²) in [6.07, 6.45) is 2.65. The molecule has 0 atom stereocenters. The van der Waals surface area contributed by atoms with Gasteiger partial charge in [-0.15, -0.1) is 0 Å². The second-order valence-electron chi connectivity index (χ2n) is 3.76. The second-order valence-corrected chi connectivity index (χ2v) is 5.27. The van der Waals surface area contributed by atoms with E-state index in [4.69, 9.17) is 18.0 Å². The Morgan fingerprint density at radius 2 is 2.00 bits per heavy atom. The molecule has 0 aromatic heterocycles. The maximum absolute atomic E-state index is 11.7. The van der Waals surface area contributed by atoms with E-state index in [0.717, 1.165) is 12.3 Å². The number of nitrogens with two attached hydrogens (primary N) is 1. The molecular weight excluding hydrogens is 242 g/mol. The lowest BCUT2D eigenvalue weighted by atomic mass is 10.3. The highest BCUT2D eigenvalue weighted by Gasteiger charge is 2.11. The first kappa shape index (κ1) is 15.7. The van der Waals surface area contributed by atoms with Gasteiger partial charge in [0.25, 0.3) is 0 Å². The Morgan fingerprint density at radius 1 is 1.38 bits per heavy atom. The van der Waals surface area contributed by atoms with Gasteiger partial charge in [0, 0.05) is 32.3 Å². The standard InChI is InChI=1S/C10H21N3OS2/c1-12(6-7-16-3)8-10(14)13(2)5-4-9(11)15/h4-8H2,1-3H3,(H2,11,15). The summed E-state index contributed by atoms with van der Waals surface area (Å²) in [5, 5.41) is 0. The van der Waals surface area contributed by atoms with Crippen molar-refractivity contribution in [3.8, 4) is 0 Å². The Morgan fingerprint density at radius 3 is 2.50 bits per heavy atom. The van der Waals surface area contributed by atoms with Gasteiger partial charge in [-0.25, -0.2) is 0 Å². The minimum atomic E-state index is 0.111. The Balaban J connectivity index is 3.81. The van der Waals surface area contributed by atoms with Gasteiger partial charge in [-0.1, -0.05) is 12.2 Å². The van der Waals surface area contributed by atoms with Crippen LogP contribution in [0.2, 0.25) is 0 Å². The average molecular weight is 263 g/mol. The van der Waals surface area contributed by atoms with E-state index in [0.29, 0.717) is 24.5 Å². The van der Waals surface area contributed by atoms with Gasteiger partial charge in [0.15, 0.2) is 0 Å². The molecule has 0 aromatic rings. The third kappa shape index (κ3) is 7.90. The first-order valence-electron chi connectivity index (χ1n) is 5.17. The number of hydrogen-bond donors (Lipinski definition) is 1. The van der Waals surface area contributed by atoms with Crippen LogP contribution in [-0.2, 0) is 4.79 Å². The smallest absolute Gasteiger partial charge is 0.236 e. The van der Waals surface area contributed by atoms with Gasteiger partial charge in [-0.05, 0) is 13.3 Å². The third-order valence-electron chi connectivity index (χ3n) is 2.20. The van der Waals surface area contributed by atoms with Gasteiger partial charge in [-0.2, -0.15) is 11.8 Å². The lowest BCUT2D eigenvalue weighted by Crippen LogP contribution is -2.38. The topological polar surface area (TPSA) is 49.6 Å². The SMILES string of the molecule is CSCCN(C)CC(=O)N(C)CCC(N)=S. The van der Waals surface area contributed by atoms with E-state index >= 15 is 0 Å². The molecule has 0 rings (SSSR count). The van der Waals surface area contributed by atoms with Gasteiger partial charge in [0.1, 0.15) is 0 Å². The maximum atomic E-state index is 11.7. The van der Waals surface area contributed by atoms with E-state index in [1.807, 2.05) is 11.9 Å². The molecule has 0 unspecified atom stereocenters. The van der Waals surface area contributed by atoms with Crippen LogP contribution in [0, 0.1) is 0 Å². The molecule has 0 aromatic carbocycles. The molecule has 1 amide bonds. The molecule has 0 saturated heterocycles. The quantitative estimate of drug-likeness (QED) is 0.643. The van der Waals surface area contributed by atoms with Crippen LogP contribution in [0.4, 0.5) is 0 Å². The van der Waals surface area contributed by atoms with Gasteiger partial charge >= 0.3 is 0 Å². The zero-order valence-corrected chi connectivity index (χ0v) is 11.9. The fourth-order valence-electron chi connectivity index (χ4n) is 1.08. The molecule has 0 heterocycles. The summed E-state index contributed by atoms with van der Waals surface area (Å²) in [7, 11) is 3.73. The minimum absolute atomic E-state index is 0.111. The van der Waals surface area contributed by atoms with Crippen LogP contribution >= 0.6 is 24.0 Å².